The third-order valence-corrected chi connectivity index (χ3v) is 3.42. The summed E-state index contributed by atoms with van der Waals surface area (Å²) in [6.45, 7) is 0. The maximum absolute atomic E-state index is 13.2. The SMILES string of the molecule is N=C(N)c1ccc(Oc2cc(F)cc(Br)c2)cc1Br. The van der Waals surface area contributed by atoms with Crippen molar-refractivity contribution in [1.29, 1.82) is 5.41 Å². The Morgan fingerprint density at radius 1 is 1.11 bits per heavy atom. The van der Waals surface area contributed by atoms with Crippen LogP contribution >= 0.6 is 31.9 Å². The maximum atomic E-state index is 13.2. The molecule has 0 radical (unpaired) electrons. The molecule has 0 amide bonds. The molecule has 2 rings (SSSR count). The summed E-state index contributed by atoms with van der Waals surface area (Å²) in [5.74, 6) is 0.486. The molecule has 3 N–H and O–H groups in total. The van der Waals surface area contributed by atoms with Gasteiger partial charge in [-0.25, -0.2) is 4.39 Å². The maximum Gasteiger partial charge on any atom is 0.131 e. The first-order valence-corrected chi connectivity index (χ1v) is 6.82. The summed E-state index contributed by atoms with van der Waals surface area (Å²) in [5.41, 5.74) is 5.99. The molecular weight excluding hydrogens is 379 g/mol. The molecule has 0 saturated carbocycles. The summed E-state index contributed by atoms with van der Waals surface area (Å²) in [6.07, 6.45) is 0. The monoisotopic (exact) mass is 386 g/mol. The van der Waals surface area contributed by atoms with Gasteiger partial charge in [0.1, 0.15) is 23.2 Å². The fourth-order valence-electron chi connectivity index (χ4n) is 1.50. The highest BCUT2D eigenvalue weighted by molar-refractivity contribution is 9.10. The summed E-state index contributed by atoms with van der Waals surface area (Å²) in [7, 11) is 0. The molecule has 0 fully saturated rings. The molecule has 2 aromatic carbocycles. The Bertz CT molecular complexity index is 626. The predicted octanol–water partition coefficient (Wildman–Crippen LogP) is 4.43. The summed E-state index contributed by atoms with van der Waals surface area (Å²) in [6, 6.07) is 9.31. The molecule has 0 aromatic heterocycles. The van der Waals surface area contributed by atoms with Gasteiger partial charge in [0.15, 0.2) is 0 Å². The van der Waals surface area contributed by atoms with Crippen LogP contribution in [0.1, 0.15) is 5.56 Å². The van der Waals surface area contributed by atoms with Gasteiger partial charge in [0, 0.05) is 20.6 Å². The van der Waals surface area contributed by atoms with Gasteiger partial charge in [-0.3, -0.25) is 5.41 Å². The van der Waals surface area contributed by atoms with Gasteiger partial charge in [-0.2, -0.15) is 0 Å². The van der Waals surface area contributed by atoms with Crippen LogP contribution in [0.2, 0.25) is 0 Å². The molecule has 19 heavy (non-hydrogen) atoms. The lowest BCUT2D eigenvalue weighted by Crippen LogP contribution is -2.11. The average molecular weight is 388 g/mol. The number of rotatable bonds is 3. The summed E-state index contributed by atoms with van der Waals surface area (Å²) in [4.78, 5) is 0. The quantitative estimate of drug-likeness (QED) is 0.604. The lowest BCUT2D eigenvalue weighted by atomic mass is 10.2. The van der Waals surface area contributed by atoms with Gasteiger partial charge < -0.3 is 10.5 Å². The minimum atomic E-state index is -0.385. The van der Waals surface area contributed by atoms with Gasteiger partial charge in [0.2, 0.25) is 0 Å². The molecule has 0 unspecified atom stereocenters. The molecule has 6 heteroatoms. The molecule has 2 aromatic rings. The van der Waals surface area contributed by atoms with Crippen LogP contribution in [-0.4, -0.2) is 5.84 Å². The van der Waals surface area contributed by atoms with Crippen molar-refractivity contribution in [1.82, 2.24) is 0 Å². The fraction of sp³-hybridized carbons (Fsp3) is 0. The number of halogens is 3. The molecule has 98 valence electrons. The van der Waals surface area contributed by atoms with E-state index in [0.717, 1.165) is 0 Å². The van der Waals surface area contributed by atoms with Crippen molar-refractivity contribution < 1.29 is 9.13 Å². The van der Waals surface area contributed by atoms with Gasteiger partial charge in [0.05, 0.1) is 0 Å². The summed E-state index contributed by atoms with van der Waals surface area (Å²) < 4.78 is 20.0. The van der Waals surface area contributed by atoms with E-state index < -0.39 is 0 Å². The molecule has 0 bridgehead atoms. The molecule has 0 aliphatic heterocycles. The van der Waals surface area contributed by atoms with Crippen LogP contribution < -0.4 is 10.5 Å². The second-order valence-corrected chi connectivity index (χ2v) is 5.53. The van der Waals surface area contributed by atoms with Crippen LogP contribution in [0.25, 0.3) is 0 Å². The standard InChI is InChI=1S/C13H9Br2FN2O/c14-7-3-8(16)5-10(4-7)19-9-1-2-11(13(17)18)12(15)6-9/h1-6H,(H3,17,18). The Balaban J connectivity index is 2.28. The Hall–Kier alpha value is -1.40. The van der Waals surface area contributed by atoms with E-state index in [1.165, 1.54) is 12.1 Å². The lowest BCUT2D eigenvalue weighted by Gasteiger charge is -2.09. The second kappa shape index (κ2) is 5.71. The number of ether oxygens (including phenoxy) is 1. The number of hydrogen-bond donors (Lipinski definition) is 2. The van der Waals surface area contributed by atoms with Gasteiger partial charge in [-0.1, -0.05) is 15.9 Å². The minimum Gasteiger partial charge on any atom is -0.457 e. The van der Waals surface area contributed by atoms with Gasteiger partial charge in [-0.15, -0.1) is 0 Å². The molecule has 0 heterocycles. The topological polar surface area (TPSA) is 59.1 Å². The Kier molecular flexibility index (Phi) is 4.21. The van der Waals surface area contributed by atoms with Crippen molar-refractivity contribution in [3.8, 4) is 11.5 Å². The van der Waals surface area contributed by atoms with Crippen LogP contribution in [0, 0.1) is 11.2 Å². The number of benzene rings is 2. The van der Waals surface area contributed by atoms with E-state index in [0.29, 0.717) is 26.0 Å². The first-order valence-electron chi connectivity index (χ1n) is 5.23. The van der Waals surface area contributed by atoms with E-state index in [1.54, 1.807) is 24.3 Å². The molecule has 0 saturated heterocycles. The van der Waals surface area contributed by atoms with Crippen molar-refractivity contribution in [3.05, 3.63) is 56.7 Å². The zero-order chi connectivity index (χ0) is 14.0. The Labute approximate surface area is 126 Å². The third-order valence-electron chi connectivity index (χ3n) is 2.30. The van der Waals surface area contributed by atoms with E-state index in [2.05, 4.69) is 31.9 Å². The molecule has 0 spiro atoms. The highest BCUT2D eigenvalue weighted by atomic mass is 79.9. The van der Waals surface area contributed by atoms with E-state index in [9.17, 15) is 4.39 Å². The third kappa shape index (κ3) is 3.54. The average Bonchev–Trinajstić information content (AvgIpc) is 2.26. The van der Waals surface area contributed by atoms with Crippen molar-refractivity contribution in [2.75, 3.05) is 0 Å². The number of amidine groups is 1. The Morgan fingerprint density at radius 3 is 2.42 bits per heavy atom. The number of nitrogen functional groups attached to an aromatic ring is 1. The van der Waals surface area contributed by atoms with Crippen LogP contribution in [0.5, 0.6) is 11.5 Å². The van der Waals surface area contributed by atoms with Crippen LogP contribution in [-0.2, 0) is 0 Å². The fourth-order valence-corrected chi connectivity index (χ4v) is 2.52. The second-order valence-electron chi connectivity index (χ2n) is 3.76. The first-order chi connectivity index (χ1) is 8.95. The summed E-state index contributed by atoms with van der Waals surface area (Å²) in [5, 5.41) is 7.38. The summed E-state index contributed by atoms with van der Waals surface area (Å²) >= 11 is 6.50. The van der Waals surface area contributed by atoms with Crippen molar-refractivity contribution in [2.24, 2.45) is 5.73 Å². The molecule has 0 aliphatic rings. The largest absolute Gasteiger partial charge is 0.457 e. The molecular formula is C13H9Br2FN2O. The van der Waals surface area contributed by atoms with Gasteiger partial charge in [0.25, 0.3) is 0 Å². The number of hydrogen-bond acceptors (Lipinski definition) is 2. The van der Waals surface area contributed by atoms with E-state index >= 15 is 0 Å². The highest BCUT2D eigenvalue weighted by Crippen LogP contribution is 2.29. The molecule has 3 nitrogen and oxygen atoms in total. The zero-order valence-electron chi connectivity index (χ0n) is 9.58. The number of nitrogens with one attached hydrogen (secondary N) is 1. The van der Waals surface area contributed by atoms with E-state index in [4.69, 9.17) is 15.9 Å². The normalized spacial score (nSPS) is 10.3. The van der Waals surface area contributed by atoms with Crippen molar-refractivity contribution in [2.45, 2.75) is 0 Å². The van der Waals surface area contributed by atoms with E-state index in [-0.39, 0.29) is 11.7 Å². The number of nitrogens with two attached hydrogens (primary N) is 1. The predicted molar refractivity (Wildman–Crippen MR) is 79.3 cm³/mol. The molecule has 0 aliphatic carbocycles. The molecule has 0 atom stereocenters. The Morgan fingerprint density at radius 2 is 1.84 bits per heavy atom. The van der Waals surface area contributed by atoms with Gasteiger partial charge in [-0.05, 0) is 46.3 Å². The van der Waals surface area contributed by atoms with Crippen molar-refractivity contribution >= 4 is 37.7 Å². The van der Waals surface area contributed by atoms with Crippen LogP contribution in [0.4, 0.5) is 4.39 Å². The first kappa shape index (κ1) is 14.0. The smallest absolute Gasteiger partial charge is 0.131 e. The van der Waals surface area contributed by atoms with Gasteiger partial charge >= 0.3 is 0 Å². The highest BCUT2D eigenvalue weighted by Gasteiger charge is 2.06. The van der Waals surface area contributed by atoms with Crippen LogP contribution in [0.15, 0.2) is 45.3 Å². The van der Waals surface area contributed by atoms with E-state index in [1.807, 2.05) is 0 Å². The zero-order valence-corrected chi connectivity index (χ0v) is 12.8. The minimum absolute atomic E-state index is 0.0353. The van der Waals surface area contributed by atoms with Crippen LogP contribution in [0.3, 0.4) is 0 Å². The lowest BCUT2D eigenvalue weighted by molar-refractivity contribution is 0.476. The van der Waals surface area contributed by atoms with Crippen molar-refractivity contribution in [3.63, 3.8) is 0 Å².